The fourth-order valence-corrected chi connectivity index (χ4v) is 3.52. The zero-order chi connectivity index (χ0) is 20.8. The van der Waals surface area contributed by atoms with Gasteiger partial charge in [0.2, 0.25) is 0 Å². The van der Waals surface area contributed by atoms with Crippen LogP contribution in [0.3, 0.4) is 0 Å². The average molecular weight is 406 g/mol. The number of amides is 1. The molecule has 30 heavy (non-hydrogen) atoms. The van der Waals surface area contributed by atoms with Crippen molar-refractivity contribution in [2.24, 2.45) is 0 Å². The zero-order valence-electron chi connectivity index (χ0n) is 17.1. The predicted molar refractivity (Wildman–Crippen MR) is 117 cm³/mol. The molecule has 0 spiro atoms. The average Bonchev–Trinajstić information content (AvgIpc) is 3.18. The van der Waals surface area contributed by atoms with E-state index in [-0.39, 0.29) is 0 Å². The van der Waals surface area contributed by atoms with Crippen LogP contribution < -0.4 is 15.0 Å². The van der Waals surface area contributed by atoms with Crippen LogP contribution in [0, 0.1) is 0 Å². The summed E-state index contributed by atoms with van der Waals surface area (Å²) in [6, 6.07) is 17.6. The molecule has 1 aliphatic heterocycles. The van der Waals surface area contributed by atoms with Crippen molar-refractivity contribution in [1.29, 1.82) is 0 Å². The molecule has 2 heterocycles. The maximum atomic E-state index is 12.5. The Morgan fingerprint density at radius 1 is 1.07 bits per heavy atom. The summed E-state index contributed by atoms with van der Waals surface area (Å²) < 4.78 is 12.8. The summed E-state index contributed by atoms with van der Waals surface area (Å²) in [5.74, 6) is 0.475. The van der Waals surface area contributed by atoms with Gasteiger partial charge in [-0.05, 0) is 42.8 Å². The number of nitrogens with zero attached hydrogens (tertiary/aromatic N) is 3. The van der Waals surface area contributed by atoms with Gasteiger partial charge in [0, 0.05) is 24.5 Å². The Morgan fingerprint density at radius 2 is 1.80 bits per heavy atom. The molecule has 0 saturated carbocycles. The molecule has 1 saturated heterocycles. The van der Waals surface area contributed by atoms with Crippen LogP contribution in [0.25, 0.3) is 5.69 Å². The number of morpholine rings is 1. The molecule has 0 radical (unpaired) electrons. The molecule has 0 bridgehead atoms. The molecule has 3 aromatic rings. The van der Waals surface area contributed by atoms with Crippen LogP contribution in [-0.4, -0.2) is 42.2 Å². The lowest BCUT2D eigenvalue weighted by Crippen LogP contribution is -2.36. The lowest BCUT2D eigenvalue weighted by Gasteiger charge is -2.28. The Labute approximate surface area is 176 Å². The first-order valence-corrected chi connectivity index (χ1v) is 10.3. The number of hydrogen-bond acceptors (Lipinski definition) is 5. The number of carbonyl (C=O) groups is 1. The number of anilines is 2. The third-order valence-electron chi connectivity index (χ3n) is 5.01. The molecule has 1 amide bonds. The van der Waals surface area contributed by atoms with E-state index in [2.05, 4.69) is 22.2 Å². The van der Waals surface area contributed by atoms with Gasteiger partial charge in [-0.3, -0.25) is 5.32 Å². The molecule has 0 atom stereocenters. The molecule has 1 fully saturated rings. The smallest absolute Gasteiger partial charge is 0.406 e. The number of carbonyl (C=O) groups excluding carboxylic acids is 1. The Balaban J connectivity index is 1.43. The molecule has 156 valence electrons. The van der Waals surface area contributed by atoms with Gasteiger partial charge >= 0.3 is 6.09 Å². The summed E-state index contributed by atoms with van der Waals surface area (Å²) >= 11 is 0. The summed E-state index contributed by atoms with van der Waals surface area (Å²) in [4.78, 5) is 14.7. The van der Waals surface area contributed by atoms with Crippen molar-refractivity contribution in [1.82, 2.24) is 9.78 Å². The van der Waals surface area contributed by atoms with Gasteiger partial charge in [0.25, 0.3) is 0 Å². The molecule has 1 aromatic heterocycles. The highest BCUT2D eigenvalue weighted by Gasteiger charge is 2.16. The van der Waals surface area contributed by atoms with Crippen LogP contribution in [0.1, 0.15) is 19.0 Å². The highest BCUT2D eigenvalue weighted by Crippen LogP contribution is 2.24. The van der Waals surface area contributed by atoms with Crippen LogP contribution in [0.4, 0.5) is 16.2 Å². The number of nitrogens with one attached hydrogen (secondary N) is 1. The number of para-hydroxylation sites is 1. The quantitative estimate of drug-likeness (QED) is 0.662. The van der Waals surface area contributed by atoms with Crippen LogP contribution in [0.2, 0.25) is 0 Å². The molecular formula is C23H26N4O3. The van der Waals surface area contributed by atoms with E-state index in [4.69, 9.17) is 9.47 Å². The van der Waals surface area contributed by atoms with E-state index in [0.717, 1.165) is 56.2 Å². The molecule has 7 nitrogen and oxygen atoms in total. The molecule has 0 aliphatic carbocycles. The predicted octanol–water partition coefficient (Wildman–Crippen LogP) is 4.27. The minimum absolute atomic E-state index is 0.475. The lowest BCUT2D eigenvalue weighted by molar-refractivity contribution is 0.122. The highest BCUT2D eigenvalue weighted by atomic mass is 16.6. The minimum atomic E-state index is -0.529. The van der Waals surface area contributed by atoms with Crippen molar-refractivity contribution in [3.05, 3.63) is 66.5 Å². The first kappa shape index (κ1) is 20.0. The summed E-state index contributed by atoms with van der Waals surface area (Å²) in [7, 11) is 0. The van der Waals surface area contributed by atoms with E-state index in [1.54, 1.807) is 6.20 Å². The Hall–Kier alpha value is -3.32. The Morgan fingerprint density at radius 3 is 2.50 bits per heavy atom. The molecule has 1 aliphatic rings. The van der Waals surface area contributed by atoms with E-state index >= 15 is 0 Å². The molecular weight excluding hydrogens is 380 g/mol. The lowest BCUT2D eigenvalue weighted by atomic mass is 10.2. The van der Waals surface area contributed by atoms with Gasteiger partial charge in [-0.15, -0.1) is 0 Å². The van der Waals surface area contributed by atoms with Crippen LogP contribution in [0.5, 0.6) is 5.75 Å². The first-order chi connectivity index (χ1) is 14.7. The van der Waals surface area contributed by atoms with Gasteiger partial charge in [-0.2, -0.15) is 5.10 Å². The van der Waals surface area contributed by atoms with Gasteiger partial charge in [0.05, 0.1) is 30.8 Å². The van der Waals surface area contributed by atoms with Crippen molar-refractivity contribution in [2.45, 2.75) is 19.8 Å². The molecule has 0 unspecified atom stereocenters. The third-order valence-corrected chi connectivity index (χ3v) is 5.01. The topological polar surface area (TPSA) is 68.6 Å². The van der Waals surface area contributed by atoms with Crippen molar-refractivity contribution < 1.29 is 14.3 Å². The summed E-state index contributed by atoms with van der Waals surface area (Å²) in [5, 5.41) is 7.22. The Bertz CT molecular complexity index is 964. The van der Waals surface area contributed by atoms with Crippen molar-refractivity contribution in [2.75, 3.05) is 36.5 Å². The number of hydrogen-bond donors (Lipinski definition) is 1. The van der Waals surface area contributed by atoms with Crippen LogP contribution in [0.15, 0.2) is 60.8 Å². The fraction of sp³-hybridized carbons (Fsp3) is 0.304. The number of benzene rings is 2. The Kier molecular flexibility index (Phi) is 6.29. The molecule has 1 N–H and O–H groups in total. The van der Waals surface area contributed by atoms with Gasteiger partial charge in [-0.25, -0.2) is 9.48 Å². The molecule has 4 rings (SSSR count). The fourth-order valence-electron chi connectivity index (χ4n) is 3.52. The van der Waals surface area contributed by atoms with E-state index in [9.17, 15) is 4.79 Å². The standard InChI is InChI=1S/C23H26N4O3/c1-2-6-21-22(17-24-27(21)20-7-4-3-5-8-20)30-23(28)25-18-9-11-19(12-10-18)26-13-15-29-16-14-26/h3-5,7-12,17H,2,6,13-16H2,1H3,(H,25,28). The van der Waals surface area contributed by atoms with Crippen LogP contribution in [-0.2, 0) is 11.2 Å². The van der Waals surface area contributed by atoms with Crippen LogP contribution >= 0.6 is 0 Å². The number of aromatic nitrogens is 2. The maximum absolute atomic E-state index is 12.5. The van der Waals surface area contributed by atoms with Gasteiger partial charge in [0.15, 0.2) is 5.75 Å². The largest absolute Gasteiger partial charge is 0.417 e. The van der Waals surface area contributed by atoms with Crippen molar-refractivity contribution in [3.63, 3.8) is 0 Å². The van der Waals surface area contributed by atoms with Gasteiger partial charge in [0.1, 0.15) is 0 Å². The van der Waals surface area contributed by atoms with Gasteiger partial charge in [-0.1, -0.05) is 31.5 Å². The monoisotopic (exact) mass is 406 g/mol. The zero-order valence-corrected chi connectivity index (χ0v) is 17.1. The second kappa shape index (κ2) is 9.45. The minimum Gasteiger partial charge on any atom is -0.406 e. The van der Waals surface area contributed by atoms with Crippen molar-refractivity contribution >= 4 is 17.5 Å². The summed E-state index contributed by atoms with van der Waals surface area (Å²) in [6.07, 6.45) is 2.74. The van der Waals surface area contributed by atoms with Gasteiger partial charge < -0.3 is 14.4 Å². The summed E-state index contributed by atoms with van der Waals surface area (Å²) in [6.45, 7) is 5.31. The first-order valence-electron chi connectivity index (χ1n) is 10.3. The number of ether oxygens (including phenoxy) is 2. The van der Waals surface area contributed by atoms with Crippen molar-refractivity contribution in [3.8, 4) is 11.4 Å². The molecule has 7 heteroatoms. The van der Waals surface area contributed by atoms with E-state index in [0.29, 0.717) is 11.4 Å². The normalized spacial score (nSPS) is 13.8. The maximum Gasteiger partial charge on any atom is 0.417 e. The SMILES string of the molecule is CCCc1c(OC(=O)Nc2ccc(N3CCOCC3)cc2)cnn1-c1ccccc1. The van der Waals surface area contributed by atoms with E-state index in [1.165, 1.54) is 0 Å². The third kappa shape index (κ3) is 4.63. The second-order valence-corrected chi connectivity index (χ2v) is 7.11. The second-order valence-electron chi connectivity index (χ2n) is 7.11. The van der Waals surface area contributed by atoms with E-state index in [1.807, 2.05) is 59.3 Å². The van der Waals surface area contributed by atoms with E-state index < -0.39 is 6.09 Å². The number of rotatable bonds is 6. The molecule has 2 aromatic carbocycles. The summed E-state index contributed by atoms with van der Waals surface area (Å²) in [5.41, 5.74) is 3.62. The highest BCUT2D eigenvalue weighted by molar-refractivity contribution is 5.86.